The molecule has 0 bridgehead atoms. The third-order valence-corrected chi connectivity index (χ3v) is 8.71. The molecular weight excluding hydrogens is 510 g/mol. The van der Waals surface area contributed by atoms with Crippen LogP contribution in [-0.4, -0.2) is 123 Å². The number of carboxylic acid groups (broad SMARTS) is 2. The smallest absolute Gasteiger partial charge is 0.335 e. The molecule has 2 saturated carbocycles. The molecule has 0 spiro atoms. The Morgan fingerprint density at radius 2 is 1.51 bits per heavy atom. The van der Waals surface area contributed by atoms with E-state index < -0.39 is 24.1 Å². The summed E-state index contributed by atoms with van der Waals surface area (Å²) in [5.41, 5.74) is 0.0298. The van der Waals surface area contributed by atoms with Crippen LogP contribution in [0.4, 0.5) is 4.79 Å². The summed E-state index contributed by atoms with van der Waals surface area (Å²) < 4.78 is 0. The molecule has 0 aromatic rings. The van der Waals surface area contributed by atoms with Gasteiger partial charge < -0.3 is 35.5 Å². The summed E-state index contributed by atoms with van der Waals surface area (Å²) in [5.74, 6) is -1.75. The predicted molar refractivity (Wildman–Crippen MR) is 138 cm³/mol. The highest BCUT2D eigenvalue weighted by atomic mass is 16.4. The molecule has 3 amide bonds. The Morgan fingerprint density at radius 1 is 0.974 bits per heavy atom. The van der Waals surface area contributed by atoms with E-state index in [9.17, 15) is 19.2 Å². The van der Waals surface area contributed by atoms with E-state index in [-0.39, 0.29) is 23.6 Å². The molecule has 6 atom stereocenters. The summed E-state index contributed by atoms with van der Waals surface area (Å²) in [5, 5.41) is 36.3. The van der Waals surface area contributed by atoms with Crippen LogP contribution in [0.2, 0.25) is 0 Å². The molecule has 5 N–H and O–H groups in total. The second-order valence-electron chi connectivity index (χ2n) is 11.4. The fourth-order valence-electron chi connectivity index (χ4n) is 6.76. The largest absolute Gasteiger partial charge is 0.479 e. The molecule has 13 nitrogen and oxygen atoms in total. The number of carboxylic acids is 2. The van der Waals surface area contributed by atoms with Crippen LogP contribution in [0.1, 0.15) is 51.4 Å². The van der Waals surface area contributed by atoms with Gasteiger partial charge in [0, 0.05) is 45.7 Å². The number of fused-ring (bicyclic) bond motifs is 1. The Labute approximate surface area is 228 Å². The van der Waals surface area contributed by atoms with Crippen molar-refractivity contribution in [3.8, 4) is 0 Å². The van der Waals surface area contributed by atoms with E-state index in [4.69, 9.17) is 27.0 Å². The van der Waals surface area contributed by atoms with Gasteiger partial charge in [0.25, 0.3) is 0 Å². The van der Waals surface area contributed by atoms with Crippen LogP contribution in [0.25, 0.3) is 4.85 Å². The van der Waals surface area contributed by atoms with Gasteiger partial charge in [0.15, 0.2) is 12.2 Å². The van der Waals surface area contributed by atoms with Crippen molar-refractivity contribution < 1.29 is 39.6 Å². The number of nitrogens with zero attached hydrogens (tertiary/aromatic N) is 4. The molecule has 3 unspecified atom stereocenters. The van der Waals surface area contributed by atoms with Crippen LogP contribution in [0.3, 0.4) is 0 Å². The van der Waals surface area contributed by atoms with E-state index in [1.807, 2.05) is 19.0 Å². The molecule has 2 aliphatic heterocycles. The SMILES string of the molecule is O=C(O)C(O)C(O)C(=O)O.[C-]#[N+][C@@H]1CCCN1C(=O)CNC1(C2CCCC2)C[C@H]2CN(C(=O)N(C)C)C[C@H]2C1. The number of aliphatic carboxylic acids is 2. The van der Waals surface area contributed by atoms with Gasteiger partial charge in [-0.3, -0.25) is 14.5 Å². The molecule has 2 heterocycles. The normalized spacial score (nSPS) is 29.7. The van der Waals surface area contributed by atoms with Crippen LogP contribution >= 0.6 is 0 Å². The average molecular weight is 552 g/mol. The Morgan fingerprint density at radius 3 is 1.97 bits per heavy atom. The molecular formula is C26H41N5O8. The summed E-state index contributed by atoms with van der Waals surface area (Å²) >= 11 is 0. The molecule has 2 aliphatic carbocycles. The lowest BCUT2D eigenvalue weighted by Gasteiger charge is -2.39. The van der Waals surface area contributed by atoms with Crippen molar-refractivity contribution in [2.24, 2.45) is 17.8 Å². The number of aliphatic hydroxyl groups is 2. The van der Waals surface area contributed by atoms with Gasteiger partial charge in [0.2, 0.25) is 5.91 Å². The van der Waals surface area contributed by atoms with E-state index in [1.165, 1.54) is 25.7 Å². The highest BCUT2D eigenvalue weighted by Gasteiger charge is 2.53. The van der Waals surface area contributed by atoms with E-state index in [2.05, 4.69) is 10.2 Å². The van der Waals surface area contributed by atoms with Crippen molar-refractivity contribution in [1.82, 2.24) is 20.0 Å². The lowest BCUT2D eigenvalue weighted by Crippen LogP contribution is -2.54. The maximum absolute atomic E-state index is 12.9. The van der Waals surface area contributed by atoms with Gasteiger partial charge in [-0.25, -0.2) is 21.0 Å². The monoisotopic (exact) mass is 551 g/mol. The lowest BCUT2D eigenvalue weighted by atomic mass is 9.79. The second kappa shape index (κ2) is 12.9. The standard InChI is InChI=1S/C22H35N5O2.C4H6O6/c1-23-19-9-6-10-27(19)20(28)13-24-22(18-7-4-5-8-18)11-16-14-26(15-17(16)12-22)21(29)25(2)3;5-1(3(7)8)2(6)4(9)10/h16-19,24H,4-15H2,2-3H3;1-2,5-6H,(H,7,8)(H,9,10)/t16-,17+,19-,22?;/m0./s1. The summed E-state index contributed by atoms with van der Waals surface area (Å²) in [6, 6.07) is 0.119. The molecule has 4 aliphatic rings. The van der Waals surface area contributed by atoms with Crippen molar-refractivity contribution in [2.75, 3.05) is 40.3 Å². The number of urea groups is 1. The van der Waals surface area contributed by atoms with E-state index >= 15 is 0 Å². The number of amides is 3. The van der Waals surface area contributed by atoms with Crippen LogP contribution in [-0.2, 0) is 14.4 Å². The number of carbonyl (C=O) groups excluding carboxylic acids is 2. The minimum absolute atomic E-state index is 0.0298. The molecule has 4 rings (SSSR count). The Bertz CT molecular complexity index is 930. The zero-order valence-corrected chi connectivity index (χ0v) is 22.7. The summed E-state index contributed by atoms with van der Waals surface area (Å²) in [4.78, 5) is 53.9. The molecule has 2 saturated heterocycles. The van der Waals surface area contributed by atoms with Gasteiger partial charge in [-0.15, -0.1) is 0 Å². The molecule has 0 aromatic heterocycles. The Kier molecular flexibility index (Phi) is 10.1. The van der Waals surface area contributed by atoms with Crippen molar-refractivity contribution in [3.63, 3.8) is 0 Å². The number of rotatable bonds is 7. The maximum atomic E-state index is 12.9. The fourth-order valence-corrected chi connectivity index (χ4v) is 6.76. The minimum Gasteiger partial charge on any atom is -0.479 e. The Hall–Kier alpha value is -2.95. The number of nitrogens with one attached hydrogen (secondary N) is 1. The molecule has 4 fully saturated rings. The topological polar surface area (TPSA) is 175 Å². The van der Waals surface area contributed by atoms with Crippen molar-refractivity contribution >= 4 is 23.9 Å². The van der Waals surface area contributed by atoms with Gasteiger partial charge in [0.1, 0.15) is 0 Å². The van der Waals surface area contributed by atoms with Gasteiger partial charge in [-0.2, -0.15) is 0 Å². The zero-order chi connectivity index (χ0) is 28.9. The third-order valence-electron chi connectivity index (χ3n) is 8.71. The van der Waals surface area contributed by atoms with Gasteiger partial charge in [0.05, 0.1) is 6.54 Å². The zero-order valence-electron chi connectivity index (χ0n) is 22.7. The first kappa shape index (κ1) is 30.6. The van der Waals surface area contributed by atoms with E-state index in [0.717, 1.165) is 45.3 Å². The van der Waals surface area contributed by atoms with Gasteiger partial charge in [-0.05, 0) is 49.9 Å². The first-order valence-corrected chi connectivity index (χ1v) is 13.6. The average Bonchev–Trinajstić information content (AvgIpc) is 3.69. The van der Waals surface area contributed by atoms with Crippen molar-refractivity contribution in [1.29, 1.82) is 0 Å². The fraction of sp³-hybridized carbons (Fsp3) is 0.808. The maximum Gasteiger partial charge on any atom is 0.335 e. The van der Waals surface area contributed by atoms with Gasteiger partial charge in [-0.1, -0.05) is 12.8 Å². The number of hydrogen-bond acceptors (Lipinski definition) is 7. The highest BCUT2D eigenvalue weighted by molar-refractivity contribution is 5.83. The van der Waals surface area contributed by atoms with E-state index in [0.29, 0.717) is 24.3 Å². The van der Waals surface area contributed by atoms with Crippen LogP contribution in [0, 0.1) is 24.3 Å². The van der Waals surface area contributed by atoms with Crippen LogP contribution in [0.15, 0.2) is 0 Å². The van der Waals surface area contributed by atoms with Crippen LogP contribution < -0.4 is 5.32 Å². The summed E-state index contributed by atoms with van der Waals surface area (Å²) in [7, 11) is 3.64. The molecule has 13 heteroatoms. The molecule has 218 valence electrons. The van der Waals surface area contributed by atoms with Gasteiger partial charge >= 0.3 is 24.1 Å². The minimum atomic E-state index is -2.27. The molecule has 0 aromatic carbocycles. The second-order valence-corrected chi connectivity index (χ2v) is 11.4. The third kappa shape index (κ3) is 6.98. The predicted octanol–water partition coefficient (Wildman–Crippen LogP) is 0.274. The van der Waals surface area contributed by atoms with Crippen molar-refractivity contribution in [2.45, 2.75) is 75.3 Å². The molecule has 0 radical (unpaired) electrons. The van der Waals surface area contributed by atoms with Crippen molar-refractivity contribution in [3.05, 3.63) is 11.4 Å². The number of aliphatic hydroxyl groups excluding tert-OH is 2. The first-order chi connectivity index (χ1) is 18.4. The number of likely N-dealkylation sites (tertiary alicyclic amines) is 2. The summed E-state index contributed by atoms with van der Waals surface area (Å²) in [6.45, 7) is 10.1. The van der Waals surface area contributed by atoms with E-state index in [1.54, 1.807) is 9.80 Å². The Balaban J connectivity index is 0.000000360. The first-order valence-electron chi connectivity index (χ1n) is 13.6. The lowest BCUT2D eigenvalue weighted by molar-refractivity contribution is -0.165. The highest BCUT2D eigenvalue weighted by Crippen LogP contribution is 2.51. The number of hydrogen-bond donors (Lipinski definition) is 5. The quantitative estimate of drug-likeness (QED) is 0.278. The molecule has 39 heavy (non-hydrogen) atoms. The number of carbonyl (C=O) groups is 4. The van der Waals surface area contributed by atoms with Crippen LogP contribution in [0.5, 0.6) is 0 Å². The summed E-state index contributed by atoms with van der Waals surface area (Å²) in [6.07, 6.45) is 4.15.